The summed E-state index contributed by atoms with van der Waals surface area (Å²) in [5.74, 6) is 1.48. The molecule has 2 aromatic rings. The van der Waals surface area contributed by atoms with Gasteiger partial charge in [-0.2, -0.15) is 0 Å². The van der Waals surface area contributed by atoms with Crippen LogP contribution in [0.4, 0.5) is 0 Å². The van der Waals surface area contributed by atoms with Crippen LogP contribution < -0.4 is 4.74 Å². The summed E-state index contributed by atoms with van der Waals surface area (Å²) in [4.78, 5) is 1.08. The van der Waals surface area contributed by atoms with Gasteiger partial charge in [0.05, 0.1) is 13.2 Å². The minimum atomic E-state index is -0.382. The van der Waals surface area contributed by atoms with Gasteiger partial charge in [-0.05, 0) is 42.3 Å². The molecule has 1 atom stereocenters. The first-order chi connectivity index (χ1) is 9.67. The lowest BCUT2D eigenvalue weighted by Crippen LogP contribution is -2.13. The van der Waals surface area contributed by atoms with E-state index in [0.717, 1.165) is 21.2 Å². The van der Waals surface area contributed by atoms with Gasteiger partial charge in [0.1, 0.15) is 5.75 Å². The normalized spacial score (nSPS) is 12.2. The number of aliphatic hydroxyl groups excluding tert-OH is 1. The van der Waals surface area contributed by atoms with Gasteiger partial charge >= 0.3 is 0 Å². The summed E-state index contributed by atoms with van der Waals surface area (Å²) in [7, 11) is 1.64. The predicted molar refractivity (Wildman–Crippen MR) is 84.9 cm³/mol. The molecule has 0 amide bonds. The summed E-state index contributed by atoms with van der Waals surface area (Å²) in [6.07, 6.45) is 0.254. The van der Waals surface area contributed by atoms with Gasteiger partial charge in [-0.1, -0.05) is 29.8 Å². The van der Waals surface area contributed by atoms with Crippen molar-refractivity contribution in [1.82, 2.24) is 0 Å². The Morgan fingerprint density at radius 3 is 2.60 bits per heavy atom. The fourth-order valence-electron chi connectivity index (χ4n) is 1.84. The average Bonchev–Trinajstić information content (AvgIpc) is 2.46. The van der Waals surface area contributed by atoms with E-state index in [9.17, 15) is 5.11 Å². The fraction of sp³-hybridized carbons (Fsp3) is 0.250. The van der Waals surface area contributed by atoms with Gasteiger partial charge in [0.15, 0.2) is 0 Å². The third kappa shape index (κ3) is 4.75. The third-order valence-corrected chi connectivity index (χ3v) is 4.24. The summed E-state index contributed by atoms with van der Waals surface area (Å²) < 4.78 is 5.11. The molecule has 0 aromatic heterocycles. The smallest absolute Gasteiger partial charge is 0.118 e. The zero-order chi connectivity index (χ0) is 14.4. The maximum atomic E-state index is 10.1. The van der Waals surface area contributed by atoms with Crippen molar-refractivity contribution in [2.75, 3.05) is 12.9 Å². The number of methoxy groups -OCH3 is 1. The number of aliphatic hydroxyl groups is 1. The molecule has 2 rings (SSSR count). The van der Waals surface area contributed by atoms with E-state index >= 15 is 0 Å². The number of halogens is 1. The highest BCUT2D eigenvalue weighted by atomic mass is 35.5. The molecule has 0 saturated heterocycles. The second-order valence-corrected chi connectivity index (χ2v) is 6.00. The Morgan fingerprint density at radius 2 is 1.95 bits per heavy atom. The van der Waals surface area contributed by atoms with Gasteiger partial charge in [-0.3, -0.25) is 0 Å². The molecule has 106 valence electrons. The van der Waals surface area contributed by atoms with Crippen LogP contribution in [0.1, 0.15) is 5.56 Å². The summed E-state index contributed by atoms with van der Waals surface area (Å²) in [5.41, 5.74) is 1.10. The SMILES string of the molecule is COc1ccc(CC(O)CSc2cccc(Cl)c2)cc1. The number of hydrogen-bond donors (Lipinski definition) is 1. The molecule has 0 radical (unpaired) electrons. The second kappa shape index (κ2) is 7.58. The predicted octanol–water partition coefficient (Wildman–Crippen LogP) is 4.04. The standard InChI is InChI=1S/C16H17ClO2S/c1-19-15-7-5-12(6-8-15)9-14(18)11-20-16-4-2-3-13(17)10-16/h2-8,10,14,18H,9,11H2,1H3. The van der Waals surface area contributed by atoms with Crippen molar-refractivity contribution in [3.05, 3.63) is 59.1 Å². The molecule has 0 fully saturated rings. The van der Waals surface area contributed by atoms with Crippen LogP contribution in [0.15, 0.2) is 53.4 Å². The highest BCUT2D eigenvalue weighted by Gasteiger charge is 2.07. The molecule has 0 aliphatic heterocycles. The van der Waals surface area contributed by atoms with Crippen molar-refractivity contribution in [2.24, 2.45) is 0 Å². The molecular weight excluding hydrogens is 292 g/mol. The molecule has 1 unspecified atom stereocenters. The van der Waals surface area contributed by atoms with Crippen LogP contribution in [0.2, 0.25) is 5.02 Å². The molecule has 0 aliphatic rings. The molecule has 0 spiro atoms. The lowest BCUT2D eigenvalue weighted by molar-refractivity contribution is 0.200. The second-order valence-electron chi connectivity index (χ2n) is 4.47. The number of thioether (sulfide) groups is 1. The Morgan fingerprint density at radius 1 is 1.20 bits per heavy atom. The monoisotopic (exact) mass is 308 g/mol. The van der Waals surface area contributed by atoms with E-state index < -0.39 is 0 Å². The van der Waals surface area contributed by atoms with Crippen molar-refractivity contribution in [1.29, 1.82) is 0 Å². The van der Waals surface area contributed by atoms with Crippen molar-refractivity contribution in [3.63, 3.8) is 0 Å². The van der Waals surface area contributed by atoms with E-state index in [1.165, 1.54) is 0 Å². The van der Waals surface area contributed by atoms with E-state index in [-0.39, 0.29) is 6.10 Å². The van der Waals surface area contributed by atoms with Gasteiger partial charge in [-0.25, -0.2) is 0 Å². The molecule has 2 nitrogen and oxygen atoms in total. The largest absolute Gasteiger partial charge is 0.497 e. The Balaban J connectivity index is 1.84. The highest BCUT2D eigenvalue weighted by Crippen LogP contribution is 2.23. The van der Waals surface area contributed by atoms with Crippen molar-refractivity contribution in [2.45, 2.75) is 17.4 Å². The first-order valence-corrected chi connectivity index (χ1v) is 7.73. The average molecular weight is 309 g/mol. The first kappa shape index (κ1) is 15.2. The molecule has 2 aromatic carbocycles. The molecule has 20 heavy (non-hydrogen) atoms. The molecule has 0 saturated carbocycles. The Bertz CT molecular complexity index is 542. The number of hydrogen-bond acceptors (Lipinski definition) is 3. The zero-order valence-electron chi connectivity index (χ0n) is 11.3. The van der Waals surface area contributed by atoms with Crippen LogP contribution in [0.3, 0.4) is 0 Å². The Kier molecular flexibility index (Phi) is 5.77. The fourth-order valence-corrected chi connectivity index (χ4v) is 2.98. The number of benzene rings is 2. The van der Waals surface area contributed by atoms with Crippen LogP contribution in [0.25, 0.3) is 0 Å². The third-order valence-electron chi connectivity index (χ3n) is 2.87. The maximum Gasteiger partial charge on any atom is 0.118 e. The summed E-state index contributed by atoms with van der Waals surface area (Å²) in [6.45, 7) is 0. The lowest BCUT2D eigenvalue weighted by Gasteiger charge is -2.11. The van der Waals surface area contributed by atoms with Crippen molar-refractivity contribution >= 4 is 23.4 Å². The molecule has 0 aliphatic carbocycles. The van der Waals surface area contributed by atoms with Crippen LogP contribution in [-0.2, 0) is 6.42 Å². The van der Waals surface area contributed by atoms with Crippen LogP contribution >= 0.6 is 23.4 Å². The van der Waals surface area contributed by atoms with E-state index in [1.54, 1.807) is 18.9 Å². The molecular formula is C16H17ClO2S. The van der Waals surface area contributed by atoms with Crippen LogP contribution in [0, 0.1) is 0 Å². The quantitative estimate of drug-likeness (QED) is 0.817. The summed E-state index contributed by atoms with van der Waals surface area (Å²) >= 11 is 7.54. The topological polar surface area (TPSA) is 29.5 Å². The van der Waals surface area contributed by atoms with Gasteiger partial charge in [0.2, 0.25) is 0 Å². The molecule has 1 N–H and O–H groups in total. The van der Waals surface area contributed by atoms with Gasteiger partial charge in [0, 0.05) is 15.7 Å². The van der Waals surface area contributed by atoms with E-state index in [0.29, 0.717) is 12.2 Å². The van der Waals surface area contributed by atoms with E-state index in [1.807, 2.05) is 48.5 Å². The Labute approximate surface area is 128 Å². The summed E-state index contributed by atoms with van der Waals surface area (Å²) in [6, 6.07) is 15.4. The van der Waals surface area contributed by atoms with Crippen LogP contribution in [0.5, 0.6) is 5.75 Å². The van der Waals surface area contributed by atoms with Gasteiger partial charge in [0.25, 0.3) is 0 Å². The first-order valence-electron chi connectivity index (χ1n) is 6.37. The van der Waals surface area contributed by atoms with E-state index in [4.69, 9.17) is 16.3 Å². The molecule has 0 heterocycles. The minimum absolute atomic E-state index is 0.382. The Hall–Kier alpha value is -1.16. The summed E-state index contributed by atoms with van der Waals surface area (Å²) in [5, 5.41) is 10.8. The van der Waals surface area contributed by atoms with E-state index in [2.05, 4.69) is 0 Å². The molecule has 4 heteroatoms. The minimum Gasteiger partial charge on any atom is -0.497 e. The lowest BCUT2D eigenvalue weighted by atomic mass is 10.1. The maximum absolute atomic E-state index is 10.1. The highest BCUT2D eigenvalue weighted by molar-refractivity contribution is 7.99. The molecule has 0 bridgehead atoms. The van der Waals surface area contributed by atoms with Gasteiger partial charge < -0.3 is 9.84 Å². The number of ether oxygens (including phenoxy) is 1. The van der Waals surface area contributed by atoms with Crippen molar-refractivity contribution < 1.29 is 9.84 Å². The zero-order valence-corrected chi connectivity index (χ0v) is 12.8. The van der Waals surface area contributed by atoms with Crippen LogP contribution in [-0.4, -0.2) is 24.1 Å². The van der Waals surface area contributed by atoms with Gasteiger partial charge in [-0.15, -0.1) is 11.8 Å². The van der Waals surface area contributed by atoms with Crippen molar-refractivity contribution in [3.8, 4) is 5.75 Å². The number of rotatable bonds is 6.